The number of halogens is 3. The van der Waals surface area contributed by atoms with Crippen LogP contribution >= 0.6 is 23.2 Å². The Kier molecular flexibility index (Phi) is 3.41. The Hall–Kier alpha value is -0.310. The zero-order valence-corrected chi connectivity index (χ0v) is 11.7. The molecule has 94 valence electrons. The average molecular weight is 276 g/mol. The van der Waals surface area contributed by atoms with Gasteiger partial charge < -0.3 is 5.32 Å². The molecular weight excluding hydrogens is 260 g/mol. The van der Waals surface area contributed by atoms with E-state index >= 15 is 0 Å². The van der Waals surface area contributed by atoms with E-state index in [9.17, 15) is 4.39 Å². The first-order valence-electron chi connectivity index (χ1n) is 5.72. The molecule has 0 spiro atoms. The van der Waals surface area contributed by atoms with Gasteiger partial charge in [0.1, 0.15) is 5.82 Å². The lowest BCUT2D eigenvalue weighted by Gasteiger charge is -2.17. The van der Waals surface area contributed by atoms with E-state index in [2.05, 4.69) is 19.2 Å². The smallest absolute Gasteiger partial charge is 0.142 e. The molecule has 2 rings (SSSR count). The third kappa shape index (κ3) is 2.75. The van der Waals surface area contributed by atoms with Crippen LogP contribution in [0.1, 0.15) is 38.8 Å². The second kappa shape index (κ2) is 4.42. The topological polar surface area (TPSA) is 12.0 Å². The summed E-state index contributed by atoms with van der Waals surface area (Å²) in [5, 5.41) is 4.03. The van der Waals surface area contributed by atoms with Crippen molar-refractivity contribution in [2.24, 2.45) is 5.41 Å². The van der Waals surface area contributed by atoms with E-state index < -0.39 is 5.82 Å². The molecule has 1 aliphatic rings. The van der Waals surface area contributed by atoms with E-state index in [0.717, 1.165) is 12.0 Å². The van der Waals surface area contributed by atoms with Gasteiger partial charge in [-0.2, -0.15) is 0 Å². The maximum atomic E-state index is 13.4. The van der Waals surface area contributed by atoms with Gasteiger partial charge in [0.25, 0.3) is 0 Å². The Morgan fingerprint density at radius 1 is 1.35 bits per heavy atom. The first-order valence-corrected chi connectivity index (χ1v) is 6.47. The molecule has 0 aromatic heterocycles. The van der Waals surface area contributed by atoms with Crippen LogP contribution in [0.4, 0.5) is 4.39 Å². The van der Waals surface area contributed by atoms with Crippen molar-refractivity contribution in [1.29, 1.82) is 0 Å². The second-order valence-electron chi connectivity index (χ2n) is 5.42. The lowest BCUT2D eigenvalue weighted by molar-refractivity contribution is 0.490. The van der Waals surface area contributed by atoms with Crippen molar-refractivity contribution in [2.45, 2.75) is 39.3 Å². The SMILES string of the molecule is CC(NC1CC1(C)C)c1cc(F)c(Cl)cc1Cl. The van der Waals surface area contributed by atoms with Crippen LogP contribution in [0.3, 0.4) is 0 Å². The number of nitrogens with one attached hydrogen (secondary N) is 1. The van der Waals surface area contributed by atoms with Gasteiger partial charge in [-0.05, 0) is 36.5 Å². The van der Waals surface area contributed by atoms with E-state index in [1.807, 2.05) is 6.92 Å². The summed E-state index contributed by atoms with van der Waals surface area (Å²) in [5.74, 6) is -0.422. The molecule has 0 aliphatic heterocycles. The van der Waals surface area contributed by atoms with E-state index in [1.54, 1.807) is 0 Å². The Labute approximate surface area is 111 Å². The number of hydrogen-bond acceptors (Lipinski definition) is 1. The molecule has 1 aromatic carbocycles. The molecule has 17 heavy (non-hydrogen) atoms. The standard InChI is InChI=1S/C13H16Cl2FN/c1-7(17-12-6-13(12,2)3)8-4-11(16)10(15)5-9(8)14/h4-5,7,12,17H,6H2,1-3H3. The third-order valence-electron chi connectivity index (χ3n) is 3.47. The van der Waals surface area contributed by atoms with Crippen molar-refractivity contribution in [3.05, 3.63) is 33.6 Å². The summed E-state index contributed by atoms with van der Waals surface area (Å²) in [6, 6.07) is 3.38. The highest BCUT2D eigenvalue weighted by Gasteiger charge is 2.46. The molecule has 0 heterocycles. The van der Waals surface area contributed by atoms with E-state index in [0.29, 0.717) is 16.5 Å². The van der Waals surface area contributed by atoms with Crippen LogP contribution in [0.2, 0.25) is 10.0 Å². The molecule has 0 radical (unpaired) electrons. The van der Waals surface area contributed by atoms with Crippen molar-refractivity contribution in [1.82, 2.24) is 5.32 Å². The van der Waals surface area contributed by atoms with Crippen molar-refractivity contribution in [2.75, 3.05) is 0 Å². The number of hydrogen-bond donors (Lipinski definition) is 1. The van der Waals surface area contributed by atoms with Gasteiger partial charge in [0.05, 0.1) is 5.02 Å². The quantitative estimate of drug-likeness (QED) is 0.797. The van der Waals surface area contributed by atoms with Gasteiger partial charge in [-0.25, -0.2) is 4.39 Å². The fourth-order valence-electron chi connectivity index (χ4n) is 2.01. The molecule has 4 heteroatoms. The molecule has 0 amide bonds. The summed E-state index contributed by atoms with van der Waals surface area (Å²) in [6.45, 7) is 6.41. The van der Waals surface area contributed by atoms with Crippen LogP contribution in [0.25, 0.3) is 0 Å². The normalized spacial score (nSPS) is 23.5. The summed E-state index contributed by atoms with van der Waals surface area (Å²) in [7, 11) is 0. The molecule has 1 aromatic rings. The molecule has 1 N–H and O–H groups in total. The zero-order chi connectivity index (χ0) is 12.8. The van der Waals surface area contributed by atoms with E-state index in [1.165, 1.54) is 12.1 Å². The van der Waals surface area contributed by atoms with E-state index in [4.69, 9.17) is 23.2 Å². The second-order valence-corrected chi connectivity index (χ2v) is 6.24. The van der Waals surface area contributed by atoms with Crippen LogP contribution in [0, 0.1) is 11.2 Å². The van der Waals surface area contributed by atoms with Crippen molar-refractivity contribution in [3.63, 3.8) is 0 Å². The van der Waals surface area contributed by atoms with Gasteiger partial charge in [-0.1, -0.05) is 37.0 Å². The Balaban J connectivity index is 2.14. The molecule has 1 fully saturated rings. The molecule has 2 atom stereocenters. The highest BCUT2D eigenvalue weighted by Crippen LogP contribution is 2.46. The van der Waals surface area contributed by atoms with Gasteiger partial charge >= 0.3 is 0 Å². The fourth-order valence-corrected chi connectivity index (χ4v) is 2.56. The summed E-state index contributed by atoms with van der Waals surface area (Å²) < 4.78 is 13.4. The minimum absolute atomic E-state index is 0.0287. The predicted octanol–water partition coefficient (Wildman–Crippen LogP) is 4.58. The third-order valence-corrected chi connectivity index (χ3v) is 4.09. The van der Waals surface area contributed by atoms with Gasteiger partial charge in [0.15, 0.2) is 0 Å². The largest absolute Gasteiger partial charge is 0.307 e. The van der Waals surface area contributed by atoms with Gasteiger partial charge in [0.2, 0.25) is 0 Å². The van der Waals surface area contributed by atoms with Gasteiger partial charge in [-0.3, -0.25) is 0 Å². The maximum Gasteiger partial charge on any atom is 0.142 e. The van der Waals surface area contributed by atoms with Crippen LogP contribution in [-0.2, 0) is 0 Å². The molecule has 0 bridgehead atoms. The minimum Gasteiger partial charge on any atom is -0.307 e. The Morgan fingerprint density at radius 2 is 1.94 bits per heavy atom. The molecule has 2 unspecified atom stereocenters. The van der Waals surface area contributed by atoms with Gasteiger partial charge in [0, 0.05) is 17.1 Å². The van der Waals surface area contributed by atoms with Crippen LogP contribution < -0.4 is 5.32 Å². The summed E-state index contributed by atoms with van der Waals surface area (Å²) >= 11 is 11.8. The van der Waals surface area contributed by atoms with Crippen molar-refractivity contribution < 1.29 is 4.39 Å². The summed E-state index contributed by atoms with van der Waals surface area (Å²) in [4.78, 5) is 0. The molecule has 1 saturated carbocycles. The lowest BCUT2D eigenvalue weighted by atomic mass is 10.1. The Bertz CT molecular complexity index is 445. The maximum absolute atomic E-state index is 13.4. The number of benzene rings is 1. The molecular formula is C13H16Cl2FN. The van der Waals surface area contributed by atoms with E-state index in [-0.39, 0.29) is 11.1 Å². The monoisotopic (exact) mass is 275 g/mol. The predicted molar refractivity (Wildman–Crippen MR) is 70.2 cm³/mol. The van der Waals surface area contributed by atoms with Crippen molar-refractivity contribution in [3.8, 4) is 0 Å². The van der Waals surface area contributed by atoms with Gasteiger partial charge in [-0.15, -0.1) is 0 Å². The first-order chi connectivity index (χ1) is 7.81. The average Bonchev–Trinajstić information content (AvgIpc) is 2.79. The summed E-state index contributed by atoms with van der Waals surface area (Å²) in [6.07, 6.45) is 1.14. The van der Waals surface area contributed by atoms with Crippen LogP contribution in [0.15, 0.2) is 12.1 Å². The van der Waals surface area contributed by atoms with Crippen molar-refractivity contribution >= 4 is 23.2 Å². The highest BCUT2D eigenvalue weighted by molar-refractivity contribution is 6.35. The highest BCUT2D eigenvalue weighted by atomic mass is 35.5. The minimum atomic E-state index is -0.422. The van der Waals surface area contributed by atoms with Crippen LogP contribution in [0.5, 0.6) is 0 Å². The fraction of sp³-hybridized carbons (Fsp3) is 0.538. The zero-order valence-electron chi connectivity index (χ0n) is 10.2. The number of rotatable bonds is 3. The summed E-state index contributed by atoms with van der Waals surface area (Å²) in [5.41, 5.74) is 1.10. The van der Waals surface area contributed by atoms with Crippen LogP contribution in [-0.4, -0.2) is 6.04 Å². The first kappa shape index (κ1) is 13.1. The molecule has 1 aliphatic carbocycles. The Morgan fingerprint density at radius 3 is 2.47 bits per heavy atom. The molecule has 0 saturated heterocycles. The lowest BCUT2D eigenvalue weighted by Crippen LogP contribution is -2.24. The molecule has 1 nitrogen and oxygen atoms in total.